The molecule has 1 amide bonds. The van der Waals surface area contributed by atoms with Crippen molar-refractivity contribution in [2.24, 2.45) is 0 Å². The second kappa shape index (κ2) is 8.97. The molecule has 2 aromatic carbocycles. The number of nitrogens with one attached hydrogen (secondary N) is 1. The maximum Gasteiger partial charge on any atom is 0.256 e. The lowest BCUT2D eigenvalue weighted by atomic mass is 9.98. The van der Waals surface area contributed by atoms with Gasteiger partial charge in [0.2, 0.25) is 0 Å². The highest BCUT2D eigenvalue weighted by molar-refractivity contribution is 6.30. The highest BCUT2D eigenvalue weighted by Gasteiger charge is 2.18. The minimum atomic E-state index is -0.378. The van der Waals surface area contributed by atoms with Crippen LogP contribution < -0.4 is 5.32 Å². The van der Waals surface area contributed by atoms with E-state index < -0.39 is 0 Å². The Morgan fingerprint density at radius 1 is 0.935 bits per heavy atom. The zero-order valence-corrected chi connectivity index (χ0v) is 17.6. The lowest BCUT2D eigenvalue weighted by molar-refractivity contribution is 0.0996. The summed E-state index contributed by atoms with van der Waals surface area (Å²) in [4.78, 5) is 25.8. The van der Waals surface area contributed by atoms with Gasteiger partial charge in [0.15, 0.2) is 5.78 Å². The standard InChI is InChI=1S/C23H20ClN5O2/c1-2-28-13-16(11-25-28)14-29-15-19(12-26-29)27-23(31)21-6-4-3-5-20(21)22(30)17-7-9-18(24)10-8-17/h3-13,15H,2,14H2,1H3,(H,27,31). The molecule has 0 aliphatic heterocycles. The number of carbonyl (C=O) groups is 2. The van der Waals surface area contributed by atoms with Crippen molar-refractivity contribution in [3.63, 3.8) is 0 Å². The summed E-state index contributed by atoms with van der Waals surface area (Å²) in [6.07, 6.45) is 7.07. The second-order valence-corrected chi connectivity index (χ2v) is 7.40. The first-order valence-corrected chi connectivity index (χ1v) is 10.2. The van der Waals surface area contributed by atoms with Gasteiger partial charge in [-0.1, -0.05) is 29.8 Å². The van der Waals surface area contributed by atoms with Gasteiger partial charge in [-0.25, -0.2) is 0 Å². The van der Waals surface area contributed by atoms with Crippen LogP contribution in [0, 0.1) is 0 Å². The van der Waals surface area contributed by atoms with Gasteiger partial charge in [0.05, 0.1) is 30.2 Å². The number of carbonyl (C=O) groups excluding carboxylic acids is 2. The molecule has 1 N–H and O–H groups in total. The van der Waals surface area contributed by atoms with E-state index in [9.17, 15) is 9.59 Å². The lowest BCUT2D eigenvalue weighted by Gasteiger charge is -2.09. The Labute approximate surface area is 184 Å². The monoisotopic (exact) mass is 433 g/mol. The molecule has 0 unspecified atom stereocenters. The Kier molecular flexibility index (Phi) is 5.95. The number of hydrogen-bond acceptors (Lipinski definition) is 4. The normalized spacial score (nSPS) is 10.8. The smallest absolute Gasteiger partial charge is 0.256 e. The molecule has 0 saturated heterocycles. The average molecular weight is 434 g/mol. The summed E-state index contributed by atoms with van der Waals surface area (Å²) in [7, 11) is 0. The number of aromatic nitrogens is 4. The molecule has 2 aromatic heterocycles. The summed E-state index contributed by atoms with van der Waals surface area (Å²) in [5.41, 5.74) is 2.63. The van der Waals surface area contributed by atoms with Crippen molar-refractivity contribution in [2.45, 2.75) is 20.0 Å². The van der Waals surface area contributed by atoms with Gasteiger partial charge in [-0.05, 0) is 37.3 Å². The number of benzene rings is 2. The molecule has 7 nitrogen and oxygen atoms in total. The minimum Gasteiger partial charge on any atom is -0.319 e. The molecule has 0 fully saturated rings. The molecular formula is C23H20ClN5O2. The number of anilines is 1. The maximum absolute atomic E-state index is 12.9. The van der Waals surface area contributed by atoms with E-state index in [0.29, 0.717) is 33.9 Å². The maximum atomic E-state index is 12.9. The molecule has 31 heavy (non-hydrogen) atoms. The van der Waals surface area contributed by atoms with Crippen LogP contribution in [0.3, 0.4) is 0 Å². The van der Waals surface area contributed by atoms with Crippen LogP contribution in [0.4, 0.5) is 5.69 Å². The molecule has 4 rings (SSSR count). The first kappa shape index (κ1) is 20.6. The summed E-state index contributed by atoms with van der Waals surface area (Å²) in [5.74, 6) is -0.623. The number of hydrogen-bond donors (Lipinski definition) is 1. The Hall–Kier alpha value is -3.71. The number of ketones is 1. The molecule has 156 valence electrons. The van der Waals surface area contributed by atoms with Gasteiger partial charge in [-0.2, -0.15) is 10.2 Å². The van der Waals surface area contributed by atoms with Crippen LogP contribution in [0.2, 0.25) is 5.02 Å². The fourth-order valence-electron chi connectivity index (χ4n) is 3.20. The van der Waals surface area contributed by atoms with Gasteiger partial charge < -0.3 is 5.32 Å². The van der Waals surface area contributed by atoms with E-state index in [0.717, 1.165) is 12.1 Å². The van der Waals surface area contributed by atoms with E-state index in [4.69, 9.17) is 11.6 Å². The molecular weight excluding hydrogens is 414 g/mol. The van der Waals surface area contributed by atoms with Gasteiger partial charge in [-0.15, -0.1) is 0 Å². The van der Waals surface area contributed by atoms with Crippen LogP contribution >= 0.6 is 11.6 Å². The number of aryl methyl sites for hydroxylation is 1. The first-order chi connectivity index (χ1) is 15.0. The summed E-state index contributed by atoms with van der Waals surface area (Å²) in [6, 6.07) is 13.3. The Morgan fingerprint density at radius 2 is 1.65 bits per heavy atom. The minimum absolute atomic E-state index is 0.244. The van der Waals surface area contributed by atoms with E-state index in [1.165, 1.54) is 0 Å². The molecule has 0 bridgehead atoms. The molecule has 4 aromatic rings. The largest absolute Gasteiger partial charge is 0.319 e. The van der Waals surface area contributed by atoms with Gasteiger partial charge in [0, 0.05) is 40.7 Å². The predicted octanol–water partition coefficient (Wildman–Crippen LogP) is 4.28. The SMILES string of the molecule is CCn1cc(Cn2cc(NC(=O)c3ccccc3C(=O)c3ccc(Cl)cc3)cn2)cn1. The summed E-state index contributed by atoms with van der Waals surface area (Å²) in [5, 5.41) is 11.9. The fraction of sp³-hybridized carbons (Fsp3) is 0.130. The predicted molar refractivity (Wildman–Crippen MR) is 119 cm³/mol. The van der Waals surface area contributed by atoms with Crippen LogP contribution in [0.5, 0.6) is 0 Å². The molecule has 2 heterocycles. The highest BCUT2D eigenvalue weighted by atomic mass is 35.5. The third-order valence-electron chi connectivity index (χ3n) is 4.77. The van der Waals surface area contributed by atoms with Crippen LogP contribution in [0.15, 0.2) is 73.3 Å². The summed E-state index contributed by atoms with van der Waals surface area (Å²) >= 11 is 5.91. The van der Waals surface area contributed by atoms with Crippen molar-refractivity contribution in [3.05, 3.63) is 101 Å². The molecule has 0 aliphatic carbocycles. The van der Waals surface area contributed by atoms with Gasteiger partial charge in [0.25, 0.3) is 5.91 Å². The zero-order chi connectivity index (χ0) is 21.8. The third-order valence-corrected chi connectivity index (χ3v) is 5.02. The van der Waals surface area contributed by atoms with Crippen molar-refractivity contribution in [3.8, 4) is 0 Å². The topological polar surface area (TPSA) is 81.8 Å². The molecule has 0 radical (unpaired) electrons. The Balaban J connectivity index is 1.50. The molecule has 0 aliphatic rings. The summed E-state index contributed by atoms with van der Waals surface area (Å²) < 4.78 is 3.56. The molecule has 8 heteroatoms. The van der Waals surface area contributed by atoms with Crippen LogP contribution in [-0.4, -0.2) is 31.3 Å². The third kappa shape index (κ3) is 4.73. The van der Waals surface area contributed by atoms with E-state index in [-0.39, 0.29) is 11.7 Å². The van der Waals surface area contributed by atoms with Crippen molar-refractivity contribution in [2.75, 3.05) is 5.32 Å². The zero-order valence-electron chi connectivity index (χ0n) is 16.8. The number of halogens is 1. The van der Waals surface area contributed by atoms with Gasteiger partial charge in [-0.3, -0.25) is 19.0 Å². The Morgan fingerprint density at radius 3 is 2.35 bits per heavy atom. The quantitative estimate of drug-likeness (QED) is 0.441. The van der Waals surface area contributed by atoms with Crippen molar-refractivity contribution in [1.29, 1.82) is 0 Å². The molecule has 0 spiro atoms. The second-order valence-electron chi connectivity index (χ2n) is 6.97. The molecule has 0 atom stereocenters. The van der Waals surface area contributed by atoms with E-state index in [1.807, 2.05) is 17.8 Å². The van der Waals surface area contributed by atoms with Crippen LogP contribution in [0.25, 0.3) is 0 Å². The van der Waals surface area contributed by atoms with E-state index in [2.05, 4.69) is 15.5 Å². The van der Waals surface area contributed by atoms with Crippen LogP contribution in [0.1, 0.15) is 38.8 Å². The molecule has 0 saturated carbocycles. The average Bonchev–Trinajstić information content (AvgIpc) is 3.43. The van der Waals surface area contributed by atoms with Crippen molar-refractivity contribution in [1.82, 2.24) is 19.6 Å². The fourth-order valence-corrected chi connectivity index (χ4v) is 3.32. The number of amides is 1. The van der Waals surface area contributed by atoms with Crippen molar-refractivity contribution >= 4 is 29.0 Å². The summed E-state index contributed by atoms with van der Waals surface area (Å²) in [6.45, 7) is 3.37. The van der Waals surface area contributed by atoms with E-state index >= 15 is 0 Å². The van der Waals surface area contributed by atoms with Crippen LogP contribution in [-0.2, 0) is 13.1 Å². The number of nitrogens with zero attached hydrogens (tertiary/aromatic N) is 4. The number of rotatable bonds is 7. The lowest BCUT2D eigenvalue weighted by Crippen LogP contribution is -2.16. The highest BCUT2D eigenvalue weighted by Crippen LogP contribution is 2.18. The van der Waals surface area contributed by atoms with E-state index in [1.54, 1.807) is 71.8 Å². The van der Waals surface area contributed by atoms with Gasteiger partial charge >= 0.3 is 0 Å². The van der Waals surface area contributed by atoms with Crippen molar-refractivity contribution < 1.29 is 9.59 Å². The van der Waals surface area contributed by atoms with Gasteiger partial charge in [0.1, 0.15) is 0 Å². The first-order valence-electron chi connectivity index (χ1n) is 9.78. The Bertz CT molecular complexity index is 1230.